The molecule has 3 rings (SSSR count). The van der Waals surface area contributed by atoms with Crippen molar-refractivity contribution in [3.8, 4) is 5.75 Å². The number of benzene rings is 2. The molecule has 0 amide bonds. The summed E-state index contributed by atoms with van der Waals surface area (Å²) in [4.78, 5) is 0. The number of hydrogen-bond donors (Lipinski definition) is 1. The number of nitrogens with one attached hydrogen (secondary N) is 1. The number of ether oxygens (including phenoxy) is 1. The van der Waals surface area contributed by atoms with Crippen LogP contribution in [-0.2, 0) is 6.54 Å². The van der Waals surface area contributed by atoms with Crippen LogP contribution in [0, 0.1) is 11.6 Å². The second kappa shape index (κ2) is 6.38. The van der Waals surface area contributed by atoms with Gasteiger partial charge in [-0.25, -0.2) is 8.78 Å². The lowest BCUT2D eigenvalue weighted by atomic mass is 10.1. The van der Waals surface area contributed by atoms with E-state index in [-0.39, 0.29) is 6.04 Å². The zero-order chi connectivity index (χ0) is 16.4. The van der Waals surface area contributed by atoms with E-state index in [1.165, 1.54) is 12.1 Å². The number of methoxy groups -OCH3 is 1. The van der Waals surface area contributed by atoms with Gasteiger partial charge in [0.2, 0.25) is 0 Å². The van der Waals surface area contributed by atoms with Gasteiger partial charge < -0.3 is 14.5 Å². The maximum Gasteiger partial charge on any atom is 0.176 e. The monoisotopic (exact) mass is 317 g/mol. The van der Waals surface area contributed by atoms with Crippen LogP contribution >= 0.6 is 0 Å². The van der Waals surface area contributed by atoms with Crippen molar-refractivity contribution in [1.29, 1.82) is 0 Å². The van der Waals surface area contributed by atoms with Crippen molar-refractivity contribution in [2.45, 2.75) is 19.5 Å². The fourth-order valence-corrected chi connectivity index (χ4v) is 2.55. The lowest BCUT2D eigenvalue weighted by molar-refractivity contribution is 0.404. The Kier molecular flexibility index (Phi) is 4.30. The predicted molar refractivity (Wildman–Crippen MR) is 84.4 cm³/mol. The molecule has 0 fully saturated rings. The molecule has 1 heterocycles. The molecule has 1 atom stereocenters. The molecule has 0 aliphatic carbocycles. The average Bonchev–Trinajstić information content (AvgIpc) is 2.95. The molecular weight excluding hydrogens is 300 g/mol. The standard InChI is InChI=1S/C18H17F2NO2/c1-11(15-7-6-13(19)9-16(15)20)21-10-14-8-12-4-3-5-17(22-2)18(12)23-14/h3-9,11,21H,10H2,1-2H3/t11-/m0/s1. The van der Waals surface area contributed by atoms with Gasteiger partial charge in [-0.15, -0.1) is 0 Å². The van der Waals surface area contributed by atoms with Crippen molar-refractivity contribution >= 4 is 11.0 Å². The molecule has 3 nitrogen and oxygen atoms in total. The van der Waals surface area contributed by atoms with Crippen LogP contribution in [0.3, 0.4) is 0 Å². The summed E-state index contributed by atoms with van der Waals surface area (Å²) in [6, 6.07) is 10.9. The number of rotatable bonds is 5. The number of para-hydroxylation sites is 1. The molecule has 0 unspecified atom stereocenters. The fourth-order valence-electron chi connectivity index (χ4n) is 2.55. The molecule has 0 aliphatic heterocycles. The summed E-state index contributed by atoms with van der Waals surface area (Å²) in [7, 11) is 1.59. The Balaban J connectivity index is 1.75. The molecule has 0 aliphatic rings. The summed E-state index contributed by atoms with van der Waals surface area (Å²) in [5.41, 5.74) is 1.10. The zero-order valence-corrected chi connectivity index (χ0v) is 12.9. The molecule has 0 saturated heterocycles. The zero-order valence-electron chi connectivity index (χ0n) is 12.9. The van der Waals surface area contributed by atoms with Crippen LogP contribution in [0.1, 0.15) is 24.3 Å². The number of furan rings is 1. The SMILES string of the molecule is COc1cccc2cc(CN[C@@H](C)c3ccc(F)cc3F)oc12. The van der Waals surface area contributed by atoms with E-state index in [0.29, 0.717) is 23.4 Å². The average molecular weight is 317 g/mol. The Morgan fingerprint density at radius 1 is 1.17 bits per heavy atom. The number of halogens is 2. The van der Waals surface area contributed by atoms with Crippen molar-refractivity contribution in [3.05, 3.63) is 65.4 Å². The van der Waals surface area contributed by atoms with Crippen LogP contribution in [0.2, 0.25) is 0 Å². The Hall–Kier alpha value is -2.40. The third-order valence-corrected chi connectivity index (χ3v) is 3.79. The van der Waals surface area contributed by atoms with Crippen molar-refractivity contribution < 1.29 is 17.9 Å². The van der Waals surface area contributed by atoms with Gasteiger partial charge in [-0.3, -0.25) is 0 Å². The molecule has 1 N–H and O–H groups in total. The Bertz CT molecular complexity index is 829. The summed E-state index contributed by atoms with van der Waals surface area (Å²) in [6.45, 7) is 2.25. The topological polar surface area (TPSA) is 34.4 Å². The van der Waals surface area contributed by atoms with Crippen molar-refractivity contribution in [1.82, 2.24) is 5.32 Å². The van der Waals surface area contributed by atoms with Crippen molar-refractivity contribution in [2.75, 3.05) is 7.11 Å². The van der Waals surface area contributed by atoms with Crippen LogP contribution < -0.4 is 10.1 Å². The Morgan fingerprint density at radius 3 is 2.74 bits per heavy atom. The lowest BCUT2D eigenvalue weighted by Crippen LogP contribution is -2.18. The van der Waals surface area contributed by atoms with Gasteiger partial charge in [0.1, 0.15) is 17.4 Å². The number of fused-ring (bicyclic) bond motifs is 1. The normalized spacial score (nSPS) is 12.5. The molecule has 3 aromatic rings. The first-order chi connectivity index (χ1) is 11.1. The third kappa shape index (κ3) is 3.19. The molecule has 2 aromatic carbocycles. The van der Waals surface area contributed by atoms with Gasteiger partial charge >= 0.3 is 0 Å². The summed E-state index contributed by atoms with van der Waals surface area (Å²) < 4.78 is 37.8. The van der Waals surface area contributed by atoms with Crippen LogP contribution in [0.5, 0.6) is 5.75 Å². The van der Waals surface area contributed by atoms with Gasteiger partial charge in [0.05, 0.1) is 13.7 Å². The van der Waals surface area contributed by atoms with E-state index in [0.717, 1.165) is 17.2 Å². The van der Waals surface area contributed by atoms with E-state index in [2.05, 4.69) is 5.32 Å². The highest BCUT2D eigenvalue weighted by Crippen LogP contribution is 2.28. The molecule has 0 radical (unpaired) electrons. The summed E-state index contributed by atoms with van der Waals surface area (Å²) in [5, 5.41) is 4.12. The first kappa shape index (κ1) is 15.5. The van der Waals surface area contributed by atoms with E-state index in [4.69, 9.17) is 9.15 Å². The first-order valence-electron chi connectivity index (χ1n) is 7.32. The minimum atomic E-state index is -0.581. The first-order valence-corrected chi connectivity index (χ1v) is 7.32. The Morgan fingerprint density at radius 2 is 2.00 bits per heavy atom. The van der Waals surface area contributed by atoms with Gasteiger partial charge in [0, 0.05) is 23.1 Å². The minimum Gasteiger partial charge on any atom is -0.493 e. The predicted octanol–water partition coefficient (Wildman–Crippen LogP) is 4.57. The third-order valence-electron chi connectivity index (χ3n) is 3.79. The van der Waals surface area contributed by atoms with Gasteiger partial charge in [-0.05, 0) is 25.1 Å². The van der Waals surface area contributed by atoms with Crippen LogP contribution in [0.25, 0.3) is 11.0 Å². The molecular formula is C18H17F2NO2. The van der Waals surface area contributed by atoms with Gasteiger partial charge in [-0.1, -0.05) is 18.2 Å². The molecule has 120 valence electrons. The minimum absolute atomic E-state index is 0.272. The molecule has 0 saturated carbocycles. The maximum atomic E-state index is 13.8. The molecule has 0 bridgehead atoms. The van der Waals surface area contributed by atoms with E-state index >= 15 is 0 Å². The van der Waals surface area contributed by atoms with Crippen LogP contribution in [0.4, 0.5) is 8.78 Å². The van der Waals surface area contributed by atoms with E-state index in [1.54, 1.807) is 7.11 Å². The second-order valence-electron chi connectivity index (χ2n) is 5.36. The van der Waals surface area contributed by atoms with Crippen molar-refractivity contribution in [2.24, 2.45) is 0 Å². The highest BCUT2D eigenvalue weighted by atomic mass is 19.1. The summed E-state index contributed by atoms with van der Waals surface area (Å²) in [5.74, 6) is 0.254. The van der Waals surface area contributed by atoms with Gasteiger partial charge in [-0.2, -0.15) is 0 Å². The fraction of sp³-hybridized carbons (Fsp3) is 0.222. The van der Waals surface area contributed by atoms with E-state index < -0.39 is 11.6 Å². The summed E-state index contributed by atoms with van der Waals surface area (Å²) in [6.07, 6.45) is 0. The molecule has 0 spiro atoms. The van der Waals surface area contributed by atoms with Crippen LogP contribution in [0.15, 0.2) is 46.9 Å². The molecule has 5 heteroatoms. The van der Waals surface area contributed by atoms with Gasteiger partial charge in [0.25, 0.3) is 0 Å². The second-order valence-corrected chi connectivity index (χ2v) is 5.36. The van der Waals surface area contributed by atoms with Gasteiger partial charge in [0.15, 0.2) is 11.3 Å². The Labute approximate surface area is 132 Å². The number of hydrogen-bond acceptors (Lipinski definition) is 3. The van der Waals surface area contributed by atoms with Crippen molar-refractivity contribution in [3.63, 3.8) is 0 Å². The largest absolute Gasteiger partial charge is 0.493 e. The smallest absolute Gasteiger partial charge is 0.176 e. The quantitative estimate of drug-likeness (QED) is 0.748. The summed E-state index contributed by atoms with van der Waals surface area (Å²) >= 11 is 0. The van der Waals surface area contributed by atoms with E-state index in [1.807, 2.05) is 31.2 Å². The maximum absolute atomic E-state index is 13.8. The highest BCUT2D eigenvalue weighted by molar-refractivity contribution is 5.83. The van der Waals surface area contributed by atoms with Crippen LogP contribution in [-0.4, -0.2) is 7.11 Å². The molecule has 23 heavy (non-hydrogen) atoms. The lowest BCUT2D eigenvalue weighted by Gasteiger charge is -2.14. The highest BCUT2D eigenvalue weighted by Gasteiger charge is 2.13. The molecule has 1 aromatic heterocycles. The van der Waals surface area contributed by atoms with E-state index in [9.17, 15) is 8.78 Å².